The molecule has 0 aromatic heterocycles. The van der Waals surface area contributed by atoms with Gasteiger partial charge in [0.05, 0.1) is 10.6 Å². The summed E-state index contributed by atoms with van der Waals surface area (Å²) in [5.74, 6) is 0. The molecule has 0 heterocycles. The Morgan fingerprint density at radius 1 is 1.40 bits per heavy atom. The summed E-state index contributed by atoms with van der Waals surface area (Å²) in [6, 6.07) is 2.66. The molecule has 0 atom stereocenters. The molecule has 1 aromatic carbocycles. The molecule has 0 unspecified atom stereocenters. The van der Waals surface area contributed by atoms with Gasteiger partial charge in [0.2, 0.25) is 0 Å². The summed E-state index contributed by atoms with van der Waals surface area (Å²) in [6.07, 6.45) is -1.19. The smallest absolute Gasteiger partial charge is 0.409 e. The molecule has 6 heteroatoms. The molecule has 1 amide bonds. The van der Waals surface area contributed by atoms with Crippen molar-refractivity contribution in [3.63, 3.8) is 0 Å². The highest BCUT2D eigenvalue weighted by molar-refractivity contribution is 5.85. The van der Waals surface area contributed by atoms with Crippen molar-refractivity contribution in [2.45, 2.75) is 13.8 Å². The minimum absolute atomic E-state index is 0.0408. The number of carboxylic acid groups (broad SMARTS) is 1. The van der Waals surface area contributed by atoms with Gasteiger partial charge in [-0.1, -0.05) is 0 Å². The predicted molar refractivity (Wildman–Crippen MR) is 54.2 cm³/mol. The zero-order valence-electron chi connectivity index (χ0n) is 8.27. The lowest BCUT2D eigenvalue weighted by Crippen LogP contribution is -2.10. The van der Waals surface area contributed by atoms with Gasteiger partial charge in [0.25, 0.3) is 5.69 Å². The Morgan fingerprint density at radius 3 is 2.20 bits per heavy atom. The number of aryl methyl sites for hydroxylation is 2. The molecular formula is C9H10N2O4. The van der Waals surface area contributed by atoms with Crippen LogP contribution >= 0.6 is 0 Å². The van der Waals surface area contributed by atoms with Gasteiger partial charge in [-0.2, -0.15) is 0 Å². The van der Waals surface area contributed by atoms with E-state index in [9.17, 15) is 14.9 Å². The number of nitrogens with zero attached hydrogens (tertiary/aromatic N) is 1. The largest absolute Gasteiger partial charge is 0.465 e. The Labute approximate surface area is 85.7 Å². The standard InChI is InChI=1S/C9H10N2O4/c1-5-3-7(11(14)15)4-6(2)8(5)10-9(12)13/h3-4,10H,1-2H3,(H,12,13). The minimum atomic E-state index is -1.19. The van der Waals surface area contributed by atoms with Crippen molar-refractivity contribution >= 4 is 17.5 Å². The fraction of sp³-hybridized carbons (Fsp3) is 0.222. The zero-order chi connectivity index (χ0) is 11.6. The molecule has 1 aromatic rings. The van der Waals surface area contributed by atoms with Crippen LogP contribution in [-0.4, -0.2) is 16.1 Å². The van der Waals surface area contributed by atoms with Crippen LogP contribution in [0.2, 0.25) is 0 Å². The van der Waals surface area contributed by atoms with Crippen molar-refractivity contribution in [3.05, 3.63) is 33.4 Å². The van der Waals surface area contributed by atoms with Crippen LogP contribution in [0, 0.1) is 24.0 Å². The number of hydrogen-bond donors (Lipinski definition) is 2. The Bertz CT molecular complexity index is 405. The first kappa shape index (κ1) is 11.0. The van der Waals surface area contributed by atoms with E-state index in [0.29, 0.717) is 16.8 Å². The number of non-ortho nitro benzene ring substituents is 1. The first-order valence-corrected chi connectivity index (χ1v) is 4.17. The van der Waals surface area contributed by atoms with Crippen molar-refractivity contribution in [2.75, 3.05) is 5.32 Å². The average Bonchev–Trinajstić information content (AvgIpc) is 2.10. The fourth-order valence-electron chi connectivity index (χ4n) is 1.35. The maximum absolute atomic E-state index is 10.5. The van der Waals surface area contributed by atoms with Gasteiger partial charge in [-0.3, -0.25) is 15.4 Å². The van der Waals surface area contributed by atoms with Gasteiger partial charge in [0.15, 0.2) is 0 Å². The molecule has 6 nitrogen and oxygen atoms in total. The number of anilines is 1. The number of nitro groups is 1. The Hall–Kier alpha value is -2.11. The van der Waals surface area contributed by atoms with Crippen molar-refractivity contribution < 1.29 is 14.8 Å². The summed E-state index contributed by atoms with van der Waals surface area (Å²) < 4.78 is 0. The third kappa shape index (κ3) is 2.43. The normalized spacial score (nSPS) is 9.73. The predicted octanol–water partition coefficient (Wildman–Crippen LogP) is 2.30. The maximum Gasteiger partial charge on any atom is 0.409 e. The van der Waals surface area contributed by atoms with Crippen molar-refractivity contribution in [1.82, 2.24) is 0 Å². The number of benzene rings is 1. The van der Waals surface area contributed by atoms with E-state index in [1.807, 2.05) is 0 Å². The lowest BCUT2D eigenvalue weighted by molar-refractivity contribution is -0.384. The van der Waals surface area contributed by atoms with Crippen LogP contribution in [0.1, 0.15) is 11.1 Å². The van der Waals surface area contributed by atoms with E-state index in [1.165, 1.54) is 12.1 Å². The van der Waals surface area contributed by atoms with Gasteiger partial charge < -0.3 is 5.11 Å². The summed E-state index contributed by atoms with van der Waals surface area (Å²) in [6.45, 7) is 3.23. The highest BCUT2D eigenvalue weighted by Crippen LogP contribution is 2.25. The highest BCUT2D eigenvalue weighted by Gasteiger charge is 2.12. The number of nitro benzene ring substituents is 1. The second kappa shape index (κ2) is 3.95. The molecule has 0 saturated heterocycles. The first-order valence-electron chi connectivity index (χ1n) is 4.17. The molecule has 0 fully saturated rings. The second-order valence-corrected chi connectivity index (χ2v) is 3.14. The van der Waals surface area contributed by atoms with Crippen molar-refractivity contribution in [1.29, 1.82) is 0 Å². The second-order valence-electron chi connectivity index (χ2n) is 3.14. The van der Waals surface area contributed by atoms with E-state index in [0.717, 1.165) is 0 Å². The van der Waals surface area contributed by atoms with Crippen LogP contribution in [0.15, 0.2) is 12.1 Å². The molecule has 0 aliphatic carbocycles. The van der Waals surface area contributed by atoms with E-state index in [1.54, 1.807) is 13.8 Å². The lowest BCUT2D eigenvalue weighted by Gasteiger charge is -2.08. The number of carbonyl (C=O) groups is 1. The molecule has 0 saturated carbocycles. The third-order valence-electron chi connectivity index (χ3n) is 1.96. The molecule has 15 heavy (non-hydrogen) atoms. The van der Waals surface area contributed by atoms with Crippen molar-refractivity contribution in [2.24, 2.45) is 0 Å². The van der Waals surface area contributed by atoms with Crippen LogP contribution in [0.25, 0.3) is 0 Å². The van der Waals surface area contributed by atoms with Crippen LogP contribution in [0.3, 0.4) is 0 Å². The van der Waals surface area contributed by atoms with Crippen LogP contribution < -0.4 is 5.32 Å². The third-order valence-corrected chi connectivity index (χ3v) is 1.96. The quantitative estimate of drug-likeness (QED) is 0.578. The molecule has 0 spiro atoms. The summed E-state index contributed by atoms with van der Waals surface area (Å²) in [5.41, 5.74) is 1.42. The fourth-order valence-corrected chi connectivity index (χ4v) is 1.35. The molecule has 0 bridgehead atoms. The minimum Gasteiger partial charge on any atom is -0.465 e. The van der Waals surface area contributed by atoms with Crippen LogP contribution in [-0.2, 0) is 0 Å². The maximum atomic E-state index is 10.5. The van der Waals surface area contributed by atoms with E-state index in [2.05, 4.69) is 5.32 Å². The molecular weight excluding hydrogens is 200 g/mol. The Morgan fingerprint density at radius 2 is 1.87 bits per heavy atom. The van der Waals surface area contributed by atoms with E-state index in [-0.39, 0.29) is 5.69 Å². The Kier molecular flexibility index (Phi) is 2.89. The van der Waals surface area contributed by atoms with Crippen LogP contribution in [0.4, 0.5) is 16.2 Å². The molecule has 0 aliphatic heterocycles. The highest BCUT2D eigenvalue weighted by atomic mass is 16.6. The van der Waals surface area contributed by atoms with Gasteiger partial charge in [-0.15, -0.1) is 0 Å². The summed E-state index contributed by atoms with van der Waals surface area (Å²) in [7, 11) is 0. The van der Waals surface area contributed by atoms with Gasteiger partial charge >= 0.3 is 6.09 Å². The topological polar surface area (TPSA) is 92.5 Å². The zero-order valence-corrected chi connectivity index (χ0v) is 8.27. The first-order chi connectivity index (χ1) is 6.91. The summed E-state index contributed by atoms with van der Waals surface area (Å²) >= 11 is 0. The van der Waals surface area contributed by atoms with Gasteiger partial charge in [0, 0.05) is 12.1 Å². The lowest BCUT2D eigenvalue weighted by atomic mass is 10.1. The van der Waals surface area contributed by atoms with Crippen LogP contribution in [0.5, 0.6) is 0 Å². The number of amides is 1. The van der Waals surface area contributed by atoms with E-state index >= 15 is 0 Å². The van der Waals surface area contributed by atoms with Gasteiger partial charge in [-0.25, -0.2) is 4.79 Å². The van der Waals surface area contributed by atoms with E-state index in [4.69, 9.17) is 5.11 Å². The van der Waals surface area contributed by atoms with Gasteiger partial charge in [0.1, 0.15) is 0 Å². The molecule has 0 radical (unpaired) electrons. The molecule has 80 valence electrons. The molecule has 0 aliphatic rings. The van der Waals surface area contributed by atoms with E-state index < -0.39 is 11.0 Å². The molecule has 1 rings (SSSR count). The summed E-state index contributed by atoms with van der Waals surface area (Å²) in [4.78, 5) is 20.4. The van der Waals surface area contributed by atoms with Crippen molar-refractivity contribution in [3.8, 4) is 0 Å². The monoisotopic (exact) mass is 210 g/mol. The average molecular weight is 210 g/mol. The Balaban J connectivity index is 3.21. The van der Waals surface area contributed by atoms with Gasteiger partial charge in [-0.05, 0) is 25.0 Å². The SMILES string of the molecule is Cc1cc([N+](=O)[O-])cc(C)c1NC(=O)O. The number of hydrogen-bond acceptors (Lipinski definition) is 3. The molecule has 2 N–H and O–H groups in total. The number of rotatable bonds is 2. The number of nitrogens with one attached hydrogen (secondary N) is 1. The summed E-state index contributed by atoms with van der Waals surface area (Å²) in [5, 5.41) is 21.3.